The van der Waals surface area contributed by atoms with Crippen LogP contribution in [0.2, 0.25) is 0 Å². The molecule has 2 saturated heterocycles. The predicted octanol–water partition coefficient (Wildman–Crippen LogP) is 5.16. The summed E-state index contributed by atoms with van der Waals surface area (Å²) in [4.78, 5) is 10.0. The first-order valence-electron chi connectivity index (χ1n) is 13.9. The van der Waals surface area contributed by atoms with Crippen LogP contribution in [-0.4, -0.2) is 62.6 Å². The summed E-state index contributed by atoms with van der Waals surface area (Å²) in [5, 5.41) is 14.6. The third-order valence-corrected chi connectivity index (χ3v) is 8.36. The maximum absolute atomic E-state index is 6.23. The number of aromatic nitrogens is 5. The van der Waals surface area contributed by atoms with E-state index >= 15 is 0 Å². The Bertz CT molecular complexity index is 1120. The summed E-state index contributed by atoms with van der Waals surface area (Å²) in [5.41, 5.74) is 1.61. The molecule has 0 radical (unpaired) electrons. The van der Waals surface area contributed by atoms with Crippen molar-refractivity contribution in [1.29, 1.82) is 0 Å². The first-order chi connectivity index (χ1) is 17.2. The fourth-order valence-electron chi connectivity index (χ4n) is 6.36. The van der Waals surface area contributed by atoms with Crippen LogP contribution in [0, 0.1) is 5.92 Å². The zero-order valence-corrected chi connectivity index (χ0v) is 21.2. The van der Waals surface area contributed by atoms with Crippen molar-refractivity contribution in [3.05, 3.63) is 18.0 Å². The molecule has 0 N–H and O–H groups in total. The zero-order chi connectivity index (χ0) is 23.6. The lowest BCUT2D eigenvalue weighted by Crippen LogP contribution is -2.28. The summed E-state index contributed by atoms with van der Waals surface area (Å²) in [6.07, 6.45) is 14.6. The number of hydrogen-bond donors (Lipinski definition) is 0. The third-order valence-electron chi connectivity index (χ3n) is 8.36. The quantitative estimate of drug-likeness (QED) is 0.502. The van der Waals surface area contributed by atoms with Gasteiger partial charge in [0.2, 0.25) is 5.89 Å². The molecule has 8 heteroatoms. The van der Waals surface area contributed by atoms with E-state index in [1.54, 1.807) is 0 Å². The van der Waals surface area contributed by atoms with Gasteiger partial charge in [-0.2, -0.15) is 5.10 Å². The molecule has 1 aliphatic carbocycles. The number of anilines is 1. The summed E-state index contributed by atoms with van der Waals surface area (Å²) in [5.74, 6) is 3.51. The smallest absolute Gasteiger partial charge is 0.268 e. The molecular formula is C27H39N7O. The molecule has 6 rings (SSSR count). The molecule has 3 aromatic heterocycles. The average molecular weight is 478 g/mol. The molecule has 0 amide bonds. The Morgan fingerprint density at radius 1 is 0.886 bits per heavy atom. The van der Waals surface area contributed by atoms with Crippen LogP contribution in [0.5, 0.6) is 0 Å². The second kappa shape index (κ2) is 10.2. The molecule has 1 atom stereocenters. The van der Waals surface area contributed by atoms with Gasteiger partial charge in [-0.1, -0.05) is 38.5 Å². The van der Waals surface area contributed by atoms with Gasteiger partial charge in [-0.25, -0.2) is 9.67 Å². The lowest BCUT2D eigenvalue weighted by Gasteiger charge is -2.26. The summed E-state index contributed by atoms with van der Waals surface area (Å²) in [6, 6.07) is 4.26. The minimum absolute atomic E-state index is 0.326. The van der Waals surface area contributed by atoms with E-state index in [1.807, 2.05) is 11.7 Å². The van der Waals surface area contributed by atoms with Crippen molar-refractivity contribution in [1.82, 2.24) is 29.9 Å². The number of fused-ring (bicyclic) bond motifs is 1. The highest BCUT2D eigenvalue weighted by Crippen LogP contribution is 2.33. The van der Waals surface area contributed by atoms with Crippen LogP contribution in [0.15, 0.2) is 16.5 Å². The first kappa shape index (κ1) is 23.0. The number of pyridine rings is 1. The molecule has 1 unspecified atom stereocenters. The first-order valence-corrected chi connectivity index (χ1v) is 13.9. The number of aryl methyl sites for hydroxylation is 1. The molecule has 0 spiro atoms. The van der Waals surface area contributed by atoms with Crippen molar-refractivity contribution >= 4 is 16.9 Å². The van der Waals surface area contributed by atoms with Gasteiger partial charge < -0.3 is 14.2 Å². The Morgan fingerprint density at radius 2 is 1.66 bits per heavy atom. The monoisotopic (exact) mass is 477 g/mol. The molecule has 0 aromatic carbocycles. The van der Waals surface area contributed by atoms with Gasteiger partial charge in [0.05, 0.1) is 11.3 Å². The lowest BCUT2D eigenvalue weighted by molar-refractivity contribution is 0.230. The standard InChI is InChI=1S/C27H39N7O/c1-32-25-22(12-13-23(28-25)34-15-8-3-2-4-9-16-34)24(31-32)27-30-29-26(35-27)21-14-17-33(19-21)18-20-10-6-5-7-11-20/h12-13,20-21H,2-11,14-19H2,1H3. The van der Waals surface area contributed by atoms with Crippen molar-refractivity contribution < 1.29 is 4.42 Å². The fraction of sp³-hybridized carbons (Fsp3) is 0.704. The van der Waals surface area contributed by atoms with Gasteiger partial charge in [0.1, 0.15) is 5.82 Å². The van der Waals surface area contributed by atoms with Gasteiger partial charge in [-0.05, 0) is 56.7 Å². The van der Waals surface area contributed by atoms with E-state index in [9.17, 15) is 0 Å². The lowest BCUT2D eigenvalue weighted by atomic mass is 9.89. The van der Waals surface area contributed by atoms with E-state index in [4.69, 9.17) is 14.5 Å². The van der Waals surface area contributed by atoms with Crippen LogP contribution < -0.4 is 4.90 Å². The SMILES string of the molecule is Cn1nc(-c2nnc(C3CCN(CC4CCCCC4)C3)o2)c2ccc(N3CCCCCCC3)nc21. The third kappa shape index (κ3) is 4.95. The summed E-state index contributed by atoms with van der Waals surface area (Å²) in [6.45, 7) is 5.55. The number of nitrogens with zero attached hydrogens (tertiary/aromatic N) is 7. The van der Waals surface area contributed by atoms with E-state index in [2.05, 4.69) is 32.1 Å². The second-order valence-corrected chi connectivity index (χ2v) is 11.0. The van der Waals surface area contributed by atoms with Crippen LogP contribution in [0.4, 0.5) is 5.82 Å². The van der Waals surface area contributed by atoms with Crippen LogP contribution >= 0.6 is 0 Å². The van der Waals surface area contributed by atoms with Crippen LogP contribution in [0.1, 0.15) is 82.4 Å². The maximum Gasteiger partial charge on any atom is 0.268 e. The number of hydrogen-bond acceptors (Lipinski definition) is 7. The molecule has 3 aliphatic rings. The van der Waals surface area contributed by atoms with Crippen molar-refractivity contribution in [2.24, 2.45) is 13.0 Å². The topological polar surface area (TPSA) is 76.1 Å². The molecular weight excluding hydrogens is 438 g/mol. The Balaban J connectivity index is 1.17. The van der Waals surface area contributed by atoms with Gasteiger partial charge in [-0.15, -0.1) is 10.2 Å². The van der Waals surface area contributed by atoms with Crippen LogP contribution in [0.25, 0.3) is 22.6 Å². The van der Waals surface area contributed by atoms with Crippen molar-refractivity contribution in [2.45, 2.75) is 76.5 Å². The van der Waals surface area contributed by atoms with Crippen molar-refractivity contribution in [3.8, 4) is 11.6 Å². The van der Waals surface area contributed by atoms with Gasteiger partial charge >= 0.3 is 0 Å². The van der Waals surface area contributed by atoms with Gasteiger partial charge in [0.25, 0.3) is 5.89 Å². The van der Waals surface area contributed by atoms with Crippen LogP contribution in [-0.2, 0) is 7.05 Å². The molecule has 188 valence electrons. The van der Waals surface area contributed by atoms with Crippen molar-refractivity contribution in [2.75, 3.05) is 37.6 Å². The largest absolute Gasteiger partial charge is 0.419 e. The summed E-state index contributed by atoms with van der Waals surface area (Å²) >= 11 is 0. The van der Waals surface area contributed by atoms with Crippen LogP contribution in [0.3, 0.4) is 0 Å². The Morgan fingerprint density at radius 3 is 2.49 bits per heavy atom. The zero-order valence-electron chi connectivity index (χ0n) is 21.2. The Hall–Kier alpha value is -2.48. The van der Waals surface area contributed by atoms with E-state index in [1.165, 1.54) is 70.8 Å². The molecule has 8 nitrogen and oxygen atoms in total. The maximum atomic E-state index is 6.23. The van der Waals surface area contributed by atoms with Gasteiger partial charge in [0.15, 0.2) is 11.3 Å². The average Bonchev–Trinajstić information content (AvgIpc) is 3.59. The molecule has 1 saturated carbocycles. The van der Waals surface area contributed by atoms with E-state index < -0.39 is 0 Å². The normalized spacial score (nSPS) is 23.1. The Labute approximate surface area is 208 Å². The van der Waals surface area contributed by atoms with E-state index in [-0.39, 0.29) is 0 Å². The summed E-state index contributed by atoms with van der Waals surface area (Å²) < 4.78 is 8.08. The number of likely N-dealkylation sites (tertiary alicyclic amines) is 1. The highest BCUT2D eigenvalue weighted by Gasteiger charge is 2.30. The molecule has 35 heavy (non-hydrogen) atoms. The Kier molecular flexibility index (Phi) is 6.72. The predicted molar refractivity (Wildman–Crippen MR) is 137 cm³/mol. The number of rotatable bonds is 5. The molecule has 5 heterocycles. The minimum atomic E-state index is 0.326. The van der Waals surface area contributed by atoms with Crippen molar-refractivity contribution in [3.63, 3.8) is 0 Å². The van der Waals surface area contributed by atoms with E-state index in [0.29, 0.717) is 11.8 Å². The summed E-state index contributed by atoms with van der Waals surface area (Å²) in [7, 11) is 1.95. The fourth-order valence-corrected chi connectivity index (χ4v) is 6.36. The second-order valence-electron chi connectivity index (χ2n) is 11.0. The van der Waals surface area contributed by atoms with E-state index in [0.717, 1.165) is 67.0 Å². The van der Waals surface area contributed by atoms with Gasteiger partial charge in [-0.3, -0.25) is 0 Å². The molecule has 3 aromatic rings. The molecule has 3 fully saturated rings. The molecule has 2 aliphatic heterocycles. The highest BCUT2D eigenvalue weighted by molar-refractivity contribution is 5.89. The minimum Gasteiger partial charge on any atom is -0.419 e. The van der Waals surface area contributed by atoms with Gasteiger partial charge in [0, 0.05) is 33.2 Å². The molecule has 0 bridgehead atoms. The highest BCUT2D eigenvalue weighted by atomic mass is 16.4.